The normalized spacial score (nSPS) is 15.1. The summed E-state index contributed by atoms with van der Waals surface area (Å²) in [6.45, 7) is 6.93. The fourth-order valence-electron chi connectivity index (χ4n) is 5.51. The van der Waals surface area contributed by atoms with Gasteiger partial charge in [0, 0.05) is 5.56 Å². The molecule has 0 aromatic heterocycles. The average molecular weight is 531 g/mol. The first-order chi connectivity index (χ1) is 18.7. The molecule has 0 amide bonds. The Labute approximate surface area is 231 Å². The van der Waals surface area contributed by atoms with Gasteiger partial charge in [0.25, 0.3) is 0 Å². The van der Waals surface area contributed by atoms with Gasteiger partial charge in [-0.05, 0) is 94.8 Å². The molecule has 3 aromatic carbocycles. The lowest BCUT2D eigenvalue weighted by atomic mass is 9.79. The van der Waals surface area contributed by atoms with Crippen molar-refractivity contribution in [3.63, 3.8) is 0 Å². The highest BCUT2D eigenvalue weighted by molar-refractivity contribution is 5.85. The van der Waals surface area contributed by atoms with Crippen LogP contribution in [0.5, 0.6) is 11.5 Å². The quantitative estimate of drug-likeness (QED) is 0.254. The molecule has 0 saturated heterocycles. The van der Waals surface area contributed by atoms with Crippen molar-refractivity contribution in [2.24, 2.45) is 5.41 Å². The molecule has 0 bridgehead atoms. The van der Waals surface area contributed by atoms with Gasteiger partial charge in [-0.2, -0.15) is 0 Å². The van der Waals surface area contributed by atoms with E-state index in [4.69, 9.17) is 9.47 Å². The van der Waals surface area contributed by atoms with Crippen LogP contribution in [0.2, 0.25) is 0 Å². The van der Waals surface area contributed by atoms with Crippen molar-refractivity contribution in [1.29, 1.82) is 0 Å². The number of allylic oxidation sites excluding steroid dienone is 2. The minimum Gasteiger partial charge on any atom is -0.497 e. The van der Waals surface area contributed by atoms with Crippen LogP contribution in [0.25, 0.3) is 16.7 Å². The summed E-state index contributed by atoms with van der Waals surface area (Å²) in [6.07, 6.45) is 7.26. The molecule has 1 aliphatic carbocycles. The minimum atomic E-state index is -0.786. The van der Waals surface area contributed by atoms with Gasteiger partial charge in [-0.15, -0.1) is 0 Å². The van der Waals surface area contributed by atoms with Gasteiger partial charge in [-0.1, -0.05) is 64.0 Å². The highest BCUT2D eigenvalue weighted by Crippen LogP contribution is 2.47. The number of ether oxygens (including phenoxy) is 2. The van der Waals surface area contributed by atoms with Gasteiger partial charge in [-0.3, -0.25) is 4.79 Å². The molecule has 4 nitrogen and oxygen atoms in total. The SMILES string of the molecule is CCCC[C@H](CC(=O)O)c1cccc(OCc2ccc(-c3cc(OC)ccc3F)c(C3=CCCC3(C)C)c2)c1. The number of carboxylic acid groups (broad SMARTS) is 1. The van der Waals surface area contributed by atoms with Crippen molar-refractivity contribution in [3.8, 4) is 22.6 Å². The predicted octanol–water partition coefficient (Wildman–Crippen LogP) is 9.03. The van der Waals surface area contributed by atoms with Crippen LogP contribution in [0.15, 0.2) is 66.7 Å². The van der Waals surface area contributed by atoms with Gasteiger partial charge < -0.3 is 14.6 Å². The van der Waals surface area contributed by atoms with E-state index in [1.807, 2.05) is 36.4 Å². The Hall–Kier alpha value is -3.60. The Morgan fingerprint density at radius 2 is 1.85 bits per heavy atom. The third-order valence-corrected chi connectivity index (χ3v) is 7.75. The smallest absolute Gasteiger partial charge is 0.303 e. The fraction of sp³-hybridized carbons (Fsp3) is 0.382. The number of methoxy groups -OCH3 is 1. The van der Waals surface area contributed by atoms with Gasteiger partial charge in [0.2, 0.25) is 0 Å². The molecule has 5 heteroatoms. The van der Waals surface area contributed by atoms with E-state index in [2.05, 4.69) is 32.9 Å². The molecule has 0 fully saturated rings. The Bertz CT molecular complexity index is 1340. The van der Waals surface area contributed by atoms with Crippen LogP contribution in [0.4, 0.5) is 4.39 Å². The summed E-state index contributed by atoms with van der Waals surface area (Å²) in [7, 11) is 1.59. The van der Waals surface area contributed by atoms with Crippen LogP contribution >= 0.6 is 0 Å². The number of aliphatic carboxylic acids is 1. The highest BCUT2D eigenvalue weighted by atomic mass is 19.1. The molecule has 0 aliphatic heterocycles. The number of rotatable bonds is 12. The minimum absolute atomic E-state index is 0.0183. The number of hydrogen-bond donors (Lipinski definition) is 1. The predicted molar refractivity (Wildman–Crippen MR) is 155 cm³/mol. The molecule has 0 heterocycles. The molecule has 3 aromatic rings. The average Bonchev–Trinajstić information content (AvgIpc) is 3.28. The Balaban J connectivity index is 1.63. The molecule has 4 rings (SSSR count). The van der Waals surface area contributed by atoms with Crippen molar-refractivity contribution >= 4 is 11.5 Å². The monoisotopic (exact) mass is 530 g/mol. The zero-order valence-corrected chi connectivity index (χ0v) is 23.4. The Morgan fingerprint density at radius 3 is 2.54 bits per heavy atom. The second-order valence-corrected chi connectivity index (χ2v) is 11.1. The second-order valence-electron chi connectivity index (χ2n) is 11.1. The van der Waals surface area contributed by atoms with Crippen molar-refractivity contribution in [1.82, 2.24) is 0 Å². The number of benzene rings is 3. The number of carbonyl (C=O) groups is 1. The van der Waals surface area contributed by atoms with E-state index < -0.39 is 5.97 Å². The molecule has 1 N–H and O–H groups in total. The molecule has 0 unspecified atom stereocenters. The molecule has 0 radical (unpaired) electrons. The lowest BCUT2D eigenvalue weighted by Crippen LogP contribution is -2.10. The van der Waals surface area contributed by atoms with Crippen molar-refractivity contribution in [2.45, 2.75) is 71.8 Å². The van der Waals surface area contributed by atoms with Crippen LogP contribution < -0.4 is 9.47 Å². The highest BCUT2D eigenvalue weighted by Gasteiger charge is 2.30. The third-order valence-electron chi connectivity index (χ3n) is 7.75. The summed E-state index contributed by atoms with van der Waals surface area (Å²) in [6, 6.07) is 18.7. The largest absolute Gasteiger partial charge is 0.497 e. The molecule has 0 saturated carbocycles. The van der Waals surface area contributed by atoms with Gasteiger partial charge in [-0.25, -0.2) is 4.39 Å². The number of halogens is 1. The van der Waals surface area contributed by atoms with Gasteiger partial charge in [0.15, 0.2) is 0 Å². The summed E-state index contributed by atoms with van der Waals surface area (Å²) >= 11 is 0. The molecular formula is C34H39FO4. The number of carboxylic acids is 1. The molecule has 39 heavy (non-hydrogen) atoms. The number of hydrogen-bond acceptors (Lipinski definition) is 3. The first kappa shape index (κ1) is 28.4. The molecule has 206 valence electrons. The van der Waals surface area contributed by atoms with E-state index in [9.17, 15) is 9.90 Å². The fourth-order valence-corrected chi connectivity index (χ4v) is 5.51. The van der Waals surface area contributed by atoms with Gasteiger partial charge >= 0.3 is 5.97 Å². The lowest BCUT2D eigenvalue weighted by molar-refractivity contribution is -0.137. The van der Waals surface area contributed by atoms with Crippen molar-refractivity contribution in [3.05, 3.63) is 89.2 Å². The van der Waals surface area contributed by atoms with E-state index in [1.165, 1.54) is 11.6 Å². The summed E-state index contributed by atoms with van der Waals surface area (Å²) < 4.78 is 26.6. The Morgan fingerprint density at radius 1 is 1.03 bits per heavy atom. The summed E-state index contributed by atoms with van der Waals surface area (Å²) in [5.41, 5.74) is 5.55. The second kappa shape index (κ2) is 12.5. The van der Waals surface area contributed by atoms with Crippen LogP contribution in [-0.4, -0.2) is 18.2 Å². The van der Waals surface area contributed by atoms with Gasteiger partial charge in [0.05, 0.1) is 13.5 Å². The van der Waals surface area contributed by atoms with E-state index in [0.717, 1.165) is 54.4 Å². The number of unbranched alkanes of at least 4 members (excludes halogenated alkanes) is 1. The van der Waals surface area contributed by atoms with Crippen LogP contribution in [0.1, 0.15) is 81.9 Å². The summed E-state index contributed by atoms with van der Waals surface area (Å²) in [5, 5.41) is 9.40. The van der Waals surface area contributed by atoms with E-state index in [1.54, 1.807) is 19.2 Å². The van der Waals surface area contributed by atoms with Crippen molar-refractivity contribution in [2.75, 3.05) is 7.11 Å². The summed E-state index contributed by atoms with van der Waals surface area (Å²) in [5.74, 6) is 0.222. The molecule has 0 spiro atoms. The maximum Gasteiger partial charge on any atom is 0.303 e. The third kappa shape index (κ3) is 6.89. The first-order valence-corrected chi connectivity index (χ1v) is 13.8. The zero-order valence-electron chi connectivity index (χ0n) is 23.4. The molecule has 1 atom stereocenters. The summed E-state index contributed by atoms with van der Waals surface area (Å²) in [4.78, 5) is 11.4. The van der Waals surface area contributed by atoms with Crippen LogP contribution in [-0.2, 0) is 11.4 Å². The maximum absolute atomic E-state index is 15.0. The topological polar surface area (TPSA) is 55.8 Å². The van der Waals surface area contributed by atoms with Crippen molar-refractivity contribution < 1.29 is 23.8 Å². The maximum atomic E-state index is 15.0. The van der Waals surface area contributed by atoms with E-state index in [-0.39, 0.29) is 23.6 Å². The van der Waals surface area contributed by atoms with Crippen LogP contribution in [0, 0.1) is 11.2 Å². The molecule has 1 aliphatic rings. The van der Waals surface area contributed by atoms with E-state index >= 15 is 4.39 Å². The standard InChI is InChI=1S/C34H39FO4/c1-5-6-9-25(20-33(36)37)24-10-7-11-27(19-24)39-22-23-13-15-28(30-21-26(38-4)14-16-32(30)35)29(18-23)31-12-8-17-34(31,2)3/h7,10-16,18-19,21,25H,5-6,8-9,17,20,22H2,1-4H3,(H,36,37)/t25-/m1/s1. The first-order valence-electron chi connectivity index (χ1n) is 13.8. The molecular weight excluding hydrogens is 491 g/mol. The van der Waals surface area contributed by atoms with E-state index in [0.29, 0.717) is 23.7 Å². The zero-order chi connectivity index (χ0) is 28.0. The van der Waals surface area contributed by atoms with Crippen LogP contribution in [0.3, 0.4) is 0 Å². The van der Waals surface area contributed by atoms with Gasteiger partial charge in [0.1, 0.15) is 23.9 Å². The lowest BCUT2D eigenvalue weighted by Gasteiger charge is -2.25. The Kier molecular flexibility index (Phi) is 9.11.